The third-order valence-corrected chi connectivity index (χ3v) is 4.12. The Kier molecular flexibility index (Phi) is 6.88. The SMILES string of the molecule is CC(C(=O)Nc1ccc(F)cc1Cl)N(C)Cc1ccc(OC(F)F)cc1. The number of nitrogens with zero attached hydrogens (tertiary/aromatic N) is 1. The van der Waals surface area contributed by atoms with Crippen molar-refractivity contribution < 1.29 is 22.7 Å². The molecule has 0 radical (unpaired) electrons. The monoisotopic (exact) mass is 386 g/mol. The summed E-state index contributed by atoms with van der Waals surface area (Å²) in [6.07, 6.45) is 0. The molecule has 0 bridgehead atoms. The fraction of sp³-hybridized carbons (Fsp3) is 0.278. The molecular formula is C18H18ClF3N2O2. The van der Waals surface area contributed by atoms with Crippen molar-refractivity contribution in [3.05, 3.63) is 58.9 Å². The lowest BCUT2D eigenvalue weighted by Crippen LogP contribution is -2.39. The van der Waals surface area contributed by atoms with Gasteiger partial charge in [-0.15, -0.1) is 0 Å². The number of likely N-dealkylation sites (N-methyl/N-ethyl adjacent to an activating group) is 1. The Bertz CT molecular complexity index is 757. The van der Waals surface area contributed by atoms with Crippen molar-refractivity contribution in [3.63, 3.8) is 0 Å². The van der Waals surface area contributed by atoms with E-state index in [0.29, 0.717) is 12.2 Å². The Morgan fingerprint density at radius 1 is 1.23 bits per heavy atom. The topological polar surface area (TPSA) is 41.6 Å². The average Bonchev–Trinajstić information content (AvgIpc) is 2.57. The maximum Gasteiger partial charge on any atom is 0.387 e. The first kappa shape index (κ1) is 20.1. The van der Waals surface area contributed by atoms with Gasteiger partial charge in [0, 0.05) is 6.54 Å². The van der Waals surface area contributed by atoms with Crippen LogP contribution in [0.15, 0.2) is 42.5 Å². The molecule has 8 heteroatoms. The Morgan fingerprint density at radius 2 is 1.88 bits per heavy atom. The van der Waals surface area contributed by atoms with Gasteiger partial charge in [0.25, 0.3) is 0 Å². The van der Waals surface area contributed by atoms with Gasteiger partial charge in [0.2, 0.25) is 5.91 Å². The second kappa shape index (κ2) is 8.91. The smallest absolute Gasteiger partial charge is 0.387 e. The number of halogens is 4. The van der Waals surface area contributed by atoms with Crippen molar-refractivity contribution in [2.24, 2.45) is 0 Å². The number of hydrogen-bond acceptors (Lipinski definition) is 3. The van der Waals surface area contributed by atoms with Crippen LogP contribution in [0.25, 0.3) is 0 Å². The van der Waals surface area contributed by atoms with E-state index in [0.717, 1.165) is 11.6 Å². The van der Waals surface area contributed by atoms with Crippen molar-refractivity contribution in [2.45, 2.75) is 26.1 Å². The van der Waals surface area contributed by atoms with Gasteiger partial charge in [0.15, 0.2) is 0 Å². The van der Waals surface area contributed by atoms with Crippen LogP contribution in [0.5, 0.6) is 5.75 Å². The van der Waals surface area contributed by atoms with Gasteiger partial charge >= 0.3 is 6.61 Å². The number of benzene rings is 2. The van der Waals surface area contributed by atoms with Crippen LogP contribution >= 0.6 is 11.6 Å². The van der Waals surface area contributed by atoms with Crippen molar-refractivity contribution in [2.75, 3.05) is 12.4 Å². The first-order chi connectivity index (χ1) is 12.3. The van der Waals surface area contributed by atoms with Gasteiger partial charge in [-0.1, -0.05) is 23.7 Å². The van der Waals surface area contributed by atoms with E-state index in [1.807, 2.05) is 0 Å². The van der Waals surface area contributed by atoms with Crippen molar-refractivity contribution in [1.82, 2.24) is 4.90 Å². The minimum absolute atomic E-state index is 0.0724. The lowest BCUT2D eigenvalue weighted by molar-refractivity contribution is -0.120. The summed E-state index contributed by atoms with van der Waals surface area (Å²) in [6, 6.07) is 9.40. The van der Waals surface area contributed by atoms with E-state index < -0.39 is 18.5 Å². The zero-order valence-corrected chi connectivity index (χ0v) is 14.9. The van der Waals surface area contributed by atoms with Gasteiger partial charge in [-0.2, -0.15) is 8.78 Å². The second-order valence-electron chi connectivity index (χ2n) is 5.73. The van der Waals surface area contributed by atoms with Crippen LogP contribution in [0.3, 0.4) is 0 Å². The van der Waals surface area contributed by atoms with Crippen LogP contribution in [-0.4, -0.2) is 30.5 Å². The molecule has 1 unspecified atom stereocenters. The molecule has 2 rings (SSSR count). The van der Waals surface area contributed by atoms with E-state index in [-0.39, 0.29) is 16.7 Å². The van der Waals surface area contributed by atoms with Gasteiger partial charge in [-0.05, 0) is 49.9 Å². The molecular weight excluding hydrogens is 369 g/mol. The Morgan fingerprint density at radius 3 is 2.46 bits per heavy atom. The third kappa shape index (κ3) is 5.64. The highest BCUT2D eigenvalue weighted by Gasteiger charge is 2.19. The van der Waals surface area contributed by atoms with Crippen LogP contribution in [0.1, 0.15) is 12.5 Å². The van der Waals surface area contributed by atoms with Gasteiger partial charge in [0.1, 0.15) is 11.6 Å². The lowest BCUT2D eigenvalue weighted by atomic mass is 10.1. The predicted molar refractivity (Wildman–Crippen MR) is 94.0 cm³/mol. The third-order valence-electron chi connectivity index (χ3n) is 3.81. The molecule has 140 valence electrons. The molecule has 0 aliphatic carbocycles. The summed E-state index contributed by atoms with van der Waals surface area (Å²) < 4.78 is 41.7. The van der Waals surface area contributed by atoms with Crippen LogP contribution in [0.4, 0.5) is 18.9 Å². The Hall–Kier alpha value is -2.25. The standard InChI is InChI=1S/C18H18ClF3N2O2/c1-11(17(25)23-16-8-5-13(20)9-15(16)19)24(2)10-12-3-6-14(7-4-12)26-18(21)22/h3-9,11,18H,10H2,1-2H3,(H,23,25). The molecule has 0 saturated carbocycles. The normalized spacial score (nSPS) is 12.3. The molecule has 4 nitrogen and oxygen atoms in total. The molecule has 1 amide bonds. The van der Waals surface area contributed by atoms with E-state index in [4.69, 9.17) is 11.6 Å². The molecule has 0 fully saturated rings. The largest absolute Gasteiger partial charge is 0.435 e. The Labute approximate surface area is 154 Å². The molecule has 0 saturated heterocycles. The van der Waals surface area contributed by atoms with Gasteiger partial charge < -0.3 is 10.1 Å². The molecule has 2 aromatic carbocycles. The number of nitrogens with one attached hydrogen (secondary N) is 1. The molecule has 0 aliphatic rings. The maximum absolute atomic E-state index is 13.1. The molecule has 2 aromatic rings. The number of amides is 1. The molecule has 0 aliphatic heterocycles. The second-order valence-corrected chi connectivity index (χ2v) is 6.13. The highest BCUT2D eigenvalue weighted by Crippen LogP contribution is 2.23. The fourth-order valence-electron chi connectivity index (χ4n) is 2.23. The van der Waals surface area contributed by atoms with Crippen molar-refractivity contribution >= 4 is 23.2 Å². The zero-order valence-electron chi connectivity index (χ0n) is 14.2. The fourth-order valence-corrected chi connectivity index (χ4v) is 2.44. The maximum atomic E-state index is 13.1. The summed E-state index contributed by atoms with van der Waals surface area (Å²) in [5.74, 6) is -0.723. The van der Waals surface area contributed by atoms with E-state index in [1.54, 1.807) is 31.0 Å². The number of carbonyl (C=O) groups is 1. The van der Waals surface area contributed by atoms with Crippen LogP contribution in [0, 0.1) is 5.82 Å². The van der Waals surface area contributed by atoms with E-state index in [1.165, 1.54) is 24.3 Å². The minimum Gasteiger partial charge on any atom is -0.435 e. The van der Waals surface area contributed by atoms with E-state index >= 15 is 0 Å². The predicted octanol–water partition coefficient (Wildman–Crippen LogP) is 4.54. The number of hydrogen-bond donors (Lipinski definition) is 1. The first-order valence-electron chi connectivity index (χ1n) is 7.76. The van der Waals surface area contributed by atoms with Crippen LogP contribution in [-0.2, 0) is 11.3 Å². The summed E-state index contributed by atoms with van der Waals surface area (Å²) in [5, 5.41) is 2.77. The number of alkyl halides is 2. The van der Waals surface area contributed by atoms with Gasteiger partial charge in [-0.3, -0.25) is 9.69 Å². The number of anilines is 1. The van der Waals surface area contributed by atoms with Gasteiger partial charge in [0.05, 0.1) is 16.8 Å². The molecule has 1 N–H and O–H groups in total. The van der Waals surface area contributed by atoms with Gasteiger partial charge in [-0.25, -0.2) is 4.39 Å². The molecule has 1 atom stereocenters. The van der Waals surface area contributed by atoms with E-state index in [9.17, 15) is 18.0 Å². The first-order valence-corrected chi connectivity index (χ1v) is 8.14. The van der Waals surface area contributed by atoms with Crippen molar-refractivity contribution in [1.29, 1.82) is 0 Å². The van der Waals surface area contributed by atoms with Crippen LogP contribution in [0.2, 0.25) is 5.02 Å². The summed E-state index contributed by atoms with van der Waals surface area (Å²) >= 11 is 5.90. The highest BCUT2D eigenvalue weighted by atomic mass is 35.5. The Balaban J connectivity index is 1.95. The summed E-state index contributed by atoms with van der Waals surface area (Å²) in [6.45, 7) is -0.743. The molecule has 0 spiro atoms. The van der Waals surface area contributed by atoms with Crippen LogP contribution < -0.4 is 10.1 Å². The quantitative estimate of drug-likeness (QED) is 0.759. The number of carbonyl (C=O) groups excluding carboxylic acids is 1. The highest BCUT2D eigenvalue weighted by molar-refractivity contribution is 6.33. The summed E-state index contributed by atoms with van der Waals surface area (Å²) in [4.78, 5) is 14.1. The number of ether oxygens (including phenoxy) is 1. The van der Waals surface area contributed by atoms with E-state index in [2.05, 4.69) is 10.1 Å². The molecule has 26 heavy (non-hydrogen) atoms. The average molecular weight is 387 g/mol. The number of rotatable bonds is 7. The van der Waals surface area contributed by atoms with Crippen molar-refractivity contribution in [3.8, 4) is 5.75 Å². The molecule has 0 aromatic heterocycles. The summed E-state index contributed by atoms with van der Waals surface area (Å²) in [7, 11) is 1.75. The zero-order chi connectivity index (χ0) is 19.3. The molecule has 0 heterocycles. The lowest BCUT2D eigenvalue weighted by Gasteiger charge is -2.24. The summed E-state index contributed by atoms with van der Waals surface area (Å²) in [5.41, 5.74) is 1.15. The minimum atomic E-state index is -2.87.